The van der Waals surface area contributed by atoms with Crippen molar-refractivity contribution in [1.82, 2.24) is 9.21 Å². The van der Waals surface area contributed by atoms with E-state index in [0.29, 0.717) is 31.8 Å². The normalized spacial score (nSPS) is 23.9. The Morgan fingerprint density at radius 2 is 1.52 bits per heavy atom. The van der Waals surface area contributed by atoms with Gasteiger partial charge in [-0.15, -0.1) is 0 Å². The van der Waals surface area contributed by atoms with Crippen LogP contribution in [-0.2, 0) is 19.6 Å². The number of hydrogen-bond donors (Lipinski definition) is 1. The molecule has 1 aliphatic heterocycles. The summed E-state index contributed by atoms with van der Waals surface area (Å²) in [5.74, 6) is -1.84. The smallest absolute Gasteiger partial charge is 0.307 e. The lowest BCUT2D eigenvalue weighted by atomic mass is 9.78. The van der Waals surface area contributed by atoms with Gasteiger partial charge in [-0.05, 0) is 36.5 Å². The second kappa shape index (κ2) is 8.83. The predicted octanol–water partition coefficient (Wildman–Crippen LogP) is 2.53. The molecule has 1 N–H and O–H groups in total. The molecule has 1 amide bonds. The first-order chi connectivity index (χ1) is 13.7. The summed E-state index contributed by atoms with van der Waals surface area (Å²) in [5.41, 5.74) is 1.08. The molecule has 0 radical (unpaired) electrons. The van der Waals surface area contributed by atoms with Crippen molar-refractivity contribution in [3.8, 4) is 0 Å². The van der Waals surface area contributed by atoms with Gasteiger partial charge in [0.1, 0.15) is 0 Å². The van der Waals surface area contributed by atoms with Crippen LogP contribution in [0.25, 0.3) is 0 Å². The standard InChI is InChI=1S/C21H30N2O5S/c1-15(2)16-7-9-17(10-8-16)29(27,28)23-13-11-22(12-14-23)20(24)18-5-3-4-6-19(18)21(25)26/h7-10,15,18-19H,3-6,11-14H2,1-2H3,(H,25,26)/t18-,19-/m1/s1. The molecule has 1 saturated heterocycles. The van der Waals surface area contributed by atoms with E-state index in [1.165, 1.54) is 4.31 Å². The molecular formula is C21H30N2O5S. The molecular weight excluding hydrogens is 392 g/mol. The molecule has 1 saturated carbocycles. The third kappa shape index (κ3) is 4.64. The highest BCUT2D eigenvalue weighted by Gasteiger charge is 2.39. The molecule has 3 rings (SSSR count). The number of piperazine rings is 1. The summed E-state index contributed by atoms with van der Waals surface area (Å²) in [4.78, 5) is 26.3. The van der Waals surface area contributed by atoms with Gasteiger partial charge in [0, 0.05) is 26.2 Å². The van der Waals surface area contributed by atoms with E-state index < -0.39 is 27.8 Å². The maximum absolute atomic E-state index is 12.9. The zero-order valence-corrected chi connectivity index (χ0v) is 17.9. The van der Waals surface area contributed by atoms with Gasteiger partial charge in [0.15, 0.2) is 0 Å². The molecule has 0 aromatic heterocycles. The second-order valence-electron chi connectivity index (χ2n) is 8.29. The molecule has 0 spiro atoms. The number of carboxylic acids is 1. The van der Waals surface area contributed by atoms with Crippen LogP contribution in [0.5, 0.6) is 0 Å². The monoisotopic (exact) mass is 422 g/mol. The van der Waals surface area contributed by atoms with Crippen molar-refractivity contribution in [1.29, 1.82) is 0 Å². The Morgan fingerprint density at radius 1 is 0.966 bits per heavy atom. The van der Waals surface area contributed by atoms with E-state index in [2.05, 4.69) is 13.8 Å². The molecule has 1 heterocycles. The van der Waals surface area contributed by atoms with Crippen LogP contribution < -0.4 is 0 Å². The van der Waals surface area contributed by atoms with Crippen molar-refractivity contribution in [2.45, 2.75) is 50.3 Å². The summed E-state index contributed by atoms with van der Waals surface area (Å²) in [6.45, 7) is 5.16. The number of sulfonamides is 1. The van der Waals surface area contributed by atoms with Gasteiger partial charge in [-0.1, -0.05) is 38.8 Å². The van der Waals surface area contributed by atoms with Crippen LogP contribution in [0.1, 0.15) is 51.0 Å². The fraction of sp³-hybridized carbons (Fsp3) is 0.619. The minimum Gasteiger partial charge on any atom is -0.481 e. The summed E-state index contributed by atoms with van der Waals surface area (Å²) in [6.07, 6.45) is 2.83. The summed E-state index contributed by atoms with van der Waals surface area (Å²) >= 11 is 0. The zero-order valence-electron chi connectivity index (χ0n) is 17.1. The first-order valence-corrected chi connectivity index (χ1v) is 11.8. The average molecular weight is 423 g/mol. The van der Waals surface area contributed by atoms with Crippen LogP contribution in [0.2, 0.25) is 0 Å². The van der Waals surface area contributed by atoms with Crippen molar-refractivity contribution >= 4 is 21.9 Å². The molecule has 1 aromatic carbocycles. The van der Waals surface area contributed by atoms with E-state index in [0.717, 1.165) is 18.4 Å². The number of benzene rings is 1. The zero-order chi connectivity index (χ0) is 21.2. The molecule has 29 heavy (non-hydrogen) atoms. The fourth-order valence-corrected chi connectivity index (χ4v) is 5.70. The Balaban J connectivity index is 1.64. The van der Waals surface area contributed by atoms with Crippen molar-refractivity contribution in [2.24, 2.45) is 11.8 Å². The number of hydrogen-bond acceptors (Lipinski definition) is 4. The van der Waals surface area contributed by atoms with Gasteiger partial charge >= 0.3 is 5.97 Å². The lowest BCUT2D eigenvalue weighted by Crippen LogP contribution is -2.53. The lowest BCUT2D eigenvalue weighted by molar-refractivity contribution is -0.152. The summed E-state index contributed by atoms with van der Waals surface area (Å²) < 4.78 is 27.3. The minimum absolute atomic E-state index is 0.143. The van der Waals surface area contributed by atoms with Crippen LogP contribution >= 0.6 is 0 Å². The van der Waals surface area contributed by atoms with Crippen LogP contribution in [0.3, 0.4) is 0 Å². The Labute approximate surface area is 172 Å². The van der Waals surface area contributed by atoms with E-state index >= 15 is 0 Å². The molecule has 1 aliphatic carbocycles. The fourth-order valence-electron chi connectivity index (χ4n) is 4.28. The maximum atomic E-state index is 12.9. The molecule has 2 fully saturated rings. The average Bonchev–Trinajstić information content (AvgIpc) is 2.73. The van der Waals surface area contributed by atoms with Gasteiger partial charge in [0.25, 0.3) is 0 Å². The lowest BCUT2D eigenvalue weighted by Gasteiger charge is -2.38. The van der Waals surface area contributed by atoms with Gasteiger partial charge in [0.2, 0.25) is 15.9 Å². The topological polar surface area (TPSA) is 95.0 Å². The highest BCUT2D eigenvalue weighted by molar-refractivity contribution is 7.89. The van der Waals surface area contributed by atoms with E-state index in [-0.39, 0.29) is 23.9 Å². The molecule has 7 nitrogen and oxygen atoms in total. The van der Waals surface area contributed by atoms with Crippen LogP contribution in [0, 0.1) is 11.8 Å². The number of carbonyl (C=O) groups excluding carboxylic acids is 1. The molecule has 0 unspecified atom stereocenters. The molecule has 2 aliphatic rings. The summed E-state index contributed by atoms with van der Waals surface area (Å²) in [6, 6.07) is 6.96. The quantitative estimate of drug-likeness (QED) is 0.787. The maximum Gasteiger partial charge on any atom is 0.307 e. The number of nitrogens with zero attached hydrogens (tertiary/aromatic N) is 2. The van der Waals surface area contributed by atoms with Crippen LogP contribution in [-0.4, -0.2) is 60.8 Å². The van der Waals surface area contributed by atoms with Gasteiger partial charge in [0.05, 0.1) is 16.7 Å². The molecule has 1 aromatic rings. The van der Waals surface area contributed by atoms with Crippen molar-refractivity contribution in [2.75, 3.05) is 26.2 Å². The van der Waals surface area contributed by atoms with E-state index in [9.17, 15) is 23.1 Å². The molecule has 2 atom stereocenters. The third-order valence-corrected chi connectivity index (χ3v) is 8.05. The van der Waals surface area contributed by atoms with E-state index in [1.54, 1.807) is 17.0 Å². The van der Waals surface area contributed by atoms with Crippen LogP contribution in [0.15, 0.2) is 29.2 Å². The van der Waals surface area contributed by atoms with Crippen LogP contribution in [0.4, 0.5) is 0 Å². The number of rotatable bonds is 5. The SMILES string of the molecule is CC(C)c1ccc(S(=O)(=O)N2CCN(C(=O)[C@@H]3CCCC[C@H]3C(=O)O)CC2)cc1. The molecule has 160 valence electrons. The van der Waals surface area contributed by atoms with Crippen molar-refractivity contribution < 1.29 is 23.1 Å². The Hall–Kier alpha value is -1.93. The van der Waals surface area contributed by atoms with Gasteiger partial charge in [-0.3, -0.25) is 9.59 Å². The Kier molecular flexibility index (Phi) is 6.63. The first kappa shape index (κ1) is 21.8. The van der Waals surface area contributed by atoms with Crippen molar-refractivity contribution in [3.05, 3.63) is 29.8 Å². The number of aliphatic carboxylic acids is 1. The second-order valence-corrected chi connectivity index (χ2v) is 10.2. The van der Waals surface area contributed by atoms with E-state index in [4.69, 9.17) is 0 Å². The largest absolute Gasteiger partial charge is 0.481 e. The highest BCUT2D eigenvalue weighted by atomic mass is 32.2. The number of carbonyl (C=O) groups is 2. The third-order valence-electron chi connectivity index (χ3n) is 6.14. The summed E-state index contributed by atoms with van der Waals surface area (Å²) in [7, 11) is -3.60. The number of amides is 1. The van der Waals surface area contributed by atoms with Gasteiger partial charge in [-0.25, -0.2) is 8.42 Å². The minimum atomic E-state index is -3.60. The summed E-state index contributed by atoms with van der Waals surface area (Å²) in [5, 5.41) is 9.43. The first-order valence-electron chi connectivity index (χ1n) is 10.3. The Morgan fingerprint density at radius 3 is 2.03 bits per heavy atom. The predicted molar refractivity (Wildman–Crippen MR) is 109 cm³/mol. The van der Waals surface area contributed by atoms with Gasteiger partial charge in [-0.2, -0.15) is 4.31 Å². The molecule has 0 bridgehead atoms. The molecule has 8 heteroatoms. The number of carboxylic acid groups (broad SMARTS) is 1. The van der Waals surface area contributed by atoms with Crippen molar-refractivity contribution in [3.63, 3.8) is 0 Å². The van der Waals surface area contributed by atoms with E-state index in [1.807, 2.05) is 12.1 Å². The van der Waals surface area contributed by atoms with Gasteiger partial charge < -0.3 is 10.0 Å². The highest BCUT2D eigenvalue weighted by Crippen LogP contribution is 2.32. The Bertz CT molecular complexity index is 842.